The van der Waals surface area contributed by atoms with Crippen LogP contribution in [0.25, 0.3) is 6.08 Å². The van der Waals surface area contributed by atoms with Crippen molar-refractivity contribution in [1.82, 2.24) is 0 Å². The minimum Gasteiger partial charge on any atom is -0.493 e. The number of nitrogens with zero attached hydrogens (tertiary/aromatic N) is 1. The molecule has 0 fully saturated rings. The smallest absolute Gasteiger partial charge is 0.266 e. The van der Waals surface area contributed by atoms with Gasteiger partial charge < -0.3 is 19.5 Å². The molecular formula is C32H27ClN2O4. The molecule has 0 saturated heterocycles. The maximum absolute atomic E-state index is 12.8. The van der Waals surface area contributed by atoms with E-state index in [-0.39, 0.29) is 5.57 Å². The number of hydrogen-bond acceptors (Lipinski definition) is 5. The van der Waals surface area contributed by atoms with E-state index in [9.17, 15) is 10.1 Å². The number of benzene rings is 4. The lowest BCUT2D eigenvalue weighted by molar-refractivity contribution is -0.112. The lowest BCUT2D eigenvalue weighted by Gasteiger charge is -2.14. The highest BCUT2D eigenvalue weighted by molar-refractivity contribution is 6.32. The Kier molecular flexibility index (Phi) is 9.23. The van der Waals surface area contributed by atoms with Crippen molar-refractivity contribution >= 4 is 29.3 Å². The van der Waals surface area contributed by atoms with Gasteiger partial charge in [0.15, 0.2) is 11.5 Å². The van der Waals surface area contributed by atoms with E-state index >= 15 is 0 Å². The van der Waals surface area contributed by atoms with E-state index in [0.29, 0.717) is 46.7 Å². The molecule has 39 heavy (non-hydrogen) atoms. The Bertz CT molecular complexity index is 1510. The minimum atomic E-state index is -0.551. The summed E-state index contributed by atoms with van der Waals surface area (Å²) in [7, 11) is 1.50. The molecule has 0 saturated carbocycles. The van der Waals surface area contributed by atoms with Gasteiger partial charge in [-0.25, -0.2) is 0 Å². The van der Waals surface area contributed by atoms with Gasteiger partial charge in [0.05, 0.1) is 12.1 Å². The van der Waals surface area contributed by atoms with E-state index < -0.39 is 5.91 Å². The first-order valence-electron chi connectivity index (χ1n) is 12.2. The minimum absolute atomic E-state index is 0.0917. The number of carbonyl (C=O) groups is 1. The number of ether oxygens (including phenoxy) is 3. The van der Waals surface area contributed by atoms with Crippen LogP contribution in [0.15, 0.2) is 96.6 Å². The predicted octanol–water partition coefficient (Wildman–Crippen LogP) is 7.36. The number of anilines is 1. The van der Waals surface area contributed by atoms with Gasteiger partial charge in [-0.1, -0.05) is 71.8 Å². The summed E-state index contributed by atoms with van der Waals surface area (Å²) < 4.78 is 17.2. The van der Waals surface area contributed by atoms with Crippen molar-refractivity contribution < 1.29 is 19.0 Å². The number of nitrogens with one attached hydrogen (secondary N) is 1. The van der Waals surface area contributed by atoms with Gasteiger partial charge in [0.1, 0.15) is 30.6 Å². The van der Waals surface area contributed by atoms with Gasteiger partial charge in [-0.05, 0) is 66.1 Å². The first-order valence-corrected chi connectivity index (χ1v) is 12.6. The third kappa shape index (κ3) is 7.64. The zero-order chi connectivity index (χ0) is 27.6. The van der Waals surface area contributed by atoms with Gasteiger partial charge in [-0.15, -0.1) is 0 Å². The molecule has 0 unspecified atom stereocenters. The van der Waals surface area contributed by atoms with Crippen LogP contribution in [0.3, 0.4) is 0 Å². The molecule has 1 amide bonds. The van der Waals surface area contributed by atoms with E-state index in [0.717, 1.165) is 16.7 Å². The zero-order valence-electron chi connectivity index (χ0n) is 21.6. The zero-order valence-corrected chi connectivity index (χ0v) is 22.4. The molecule has 0 aliphatic heterocycles. The lowest BCUT2D eigenvalue weighted by atomic mass is 10.1. The van der Waals surface area contributed by atoms with Gasteiger partial charge in [-0.2, -0.15) is 5.26 Å². The summed E-state index contributed by atoms with van der Waals surface area (Å²) in [5.74, 6) is 0.894. The number of rotatable bonds is 10. The summed E-state index contributed by atoms with van der Waals surface area (Å²) in [5, 5.41) is 12.7. The Morgan fingerprint density at radius 2 is 1.64 bits per heavy atom. The molecule has 0 atom stereocenters. The molecule has 6 nitrogen and oxygen atoms in total. The van der Waals surface area contributed by atoms with Crippen molar-refractivity contribution in [3.63, 3.8) is 0 Å². The van der Waals surface area contributed by atoms with Crippen molar-refractivity contribution in [3.05, 3.63) is 124 Å². The first-order chi connectivity index (χ1) is 18.9. The van der Waals surface area contributed by atoms with Crippen LogP contribution < -0.4 is 19.5 Å². The number of nitriles is 1. The van der Waals surface area contributed by atoms with Crippen LogP contribution in [0.1, 0.15) is 22.3 Å². The molecule has 0 spiro atoms. The third-order valence-electron chi connectivity index (χ3n) is 5.75. The number of aryl methyl sites for hydroxylation is 1. The number of methoxy groups -OCH3 is 1. The number of hydrogen-bond donors (Lipinski definition) is 1. The van der Waals surface area contributed by atoms with Crippen LogP contribution >= 0.6 is 11.6 Å². The molecule has 196 valence electrons. The molecule has 4 rings (SSSR count). The van der Waals surface area contributed by atoms with E-state index in [2.05, 4.69) is 5.32 Å². The van der Waals surface area contributed by atoms with Gasteiger partial charge in [0.2, 0.25) is 0 Å². The SMILES string of the molecule is COc1cc(/C=C(\C#N)C(=O)Nc2ccc(OCc3ccccc3)cc2)cc(Cl)c1OCc1cccc(C)c1. The maximum Gasteiger partial charge on any atom is 0.266 e. The van der Waals surface area contributed by atoms with Crippen molar-refractivity contribution in [2.24, 2.45) is 0 Å². The van der Waals surface area contributed by atoms with Crippen LogP contribution in [-0.4, -0.2) is 13.0 Å². The van der Waals surface area contributed by atoms with Crippen LogP contribution in [0.4, 0.5) is 5.69 Å². The highest BCUT2D eigenvalue weighted by Crippen LogP contribution is 2.37. The summed E-state index contributed by atoms with van der Waals surface area (Å²) >= 11 is 6.50. The molecular weight excluding hydrogens is 512 g/mol. The van der Waals surface area contributed by atoms with Gasteiger partial charge >= 0.3 is 0 Å². The summed E-state index contributed by atoms with van der Waals surface area (Å²) in [4.78, 5) is 12.8. The largest absolute Gasteiger partial charge is 0.493 e. The van der Waals surface area contributed by atoms with Crippen molar-refractivity contribution in [2.45, 2.75) is 20.1 Å². The summed E-state index contributed by atoms with van der Waals surface area (Å²) in [6.07, 6.45) is 1.45. The summed E-state index contributed by atoms with van der Waals surface area (Å²) in [6.45, 7) is 2.77. The molecule has 1 N–H and O–H groups in total. The van der Waals surface area contributed by atoms with Crippen molar-refractivity contribution in [1.29, 1.82) is 5.26 Å². The average Bonchev–Trinajstić information content (AvgIpc) is 2.95. The van der Waals surface area contributed by atoms with E-state index in [1.165, 1.54) is 13.2 Å². The van der Waals surface area contributed by atoms with Crippen molar-refractivity contribution in [2.75, 3.05) is 12.4 Å². The van der Waals surface area contributed by atoms with Crippen molar-refractivity contribution in [3.8, 4) is 23.3 Å². The Balaban J connectivity index is 1.42. The van der Waals surface area contributed by atoms with Gasteiger partial charge in [0.25, 0.3) is 5.91 Å². The highest BCUT2D eigenvalue weighted by Gasteiger charge is 2.15. The van der Waals surface area contributed by atoms with E-state index in [1.807, 2.05) is 67.6 Å². The number of carbonyl (C=O) groups excluding carboxylic acids is 1. The fraction of sp³-hybridized carbons (Fsp3) is 0.125. The second kappa shape index (κ2) is 13.2. The quantitative estimate of drug-likeness (QED) is 0.168. The van der Waals surface area contributed by atoms with Crippen LogP contribution in [-0.2, 0) is 18.0 Å². The second-order valence-electron chi connectivity index (χ2n) is 8.73. The topological polar surface area (TPSA) is 80.6 Å². The fourth-order valence-corrected chi connectivity index (χ4v) is 4.08. The van der Waals surface area contributed by atoms with E-state index in [4.69, 9.17) is 25.8 Å². The molecule has 4 aromatic carbocycles. The van der Waals surface area contributed by atoms with Gasteiger partial charge in [0, 0.05) is 5.69 Å². The Labute approximate surface area is 233 Å². The molecule has 7 heteroatoms. The highest BCUT2D eigenvalue weighted by atomic mass is 35.5. The standard InChI is InChI=1S/C32H27ClN2O4/c1-22-7-6-10-24(15-22)21-39-31-29(33)17-25(18-30(31)37-2)16-26(19-34)32(36)35-27-11-13-28(14-12-27)38-20-23-8-4-3-5-9-23/h3-18H,20-21H2,1-2H3,(H,35,36)/b26-16+. The molecule has 0 aromatic heterocycles. The Morgan fingerprint density at radius 1 is 0.923 bits per heavy atom. The predicted molar refractivity (Wildman–Crippen MR) is 153 cm³/mol. The van der Waals surface area contributed by atoms with Crippen LogP contribution in [0.2, 0.25) is 5.02 Å². The first kappa shape index (κ1) is 27.3. The molecule has 0 bridgehead atoms. The molecule has 0 aliphatic rings. The normalized spacial score (nSPS) is 10.9. The Hall–Kier alpha value is -4.73. The molecule has 0 radical (unpaired) electrons. The summed E-state index contributed by atoms with van der Waals surface area (Å²) in [5.41, 5.74) is 4.15. The number of halogens is 1. The average molecular weight is 539 g/mol. The summed E-state index contributed by atoms with van der Waals surface area (Å²) in [6, 6.07) is 30.0. The molecule has 4 aromatic rings. The molecule has 0 heterocycles. The van der Waals surface area contributed by atoms with E-state index in [1.54, 1.807) is 36.4 Å². The molecule has 0 aliphatic carbocycles. The lowest BCUT2D eigenvalue weighted by Crippen LogP contribution is -2.13. The van der Waals surface area contributed by atoms with Crippen LogP contribution in [0.5, 0.6) is 17.2 Å². The van der Waals surface area contributed by atoms with Crippen LogP contribution in [0, 0.1) is 18.3 Å². The number of amides is 1. The third-order valence-corrected chi connectivity index (χ3v) is 6.03. The fourth-order valence-electron chi connectivity index (χ4n) is 3.81. The second-order valence-corrected chi connectivity index (χ2v) is 9.14. The van der Waals surface area contributed by atoms with Gasteiger partial charge in [-0.3, -0.25) is 4.79 Å². The maximum atomic E-state index is 12.8. The monoisotopic (exact) mass is 538 g/mol. The Morgan fingerprint density at radius 3 is 2.33 bits per heavy atom.